The van der Waals surface area contributed by atoms with E-state index in [4.69, 9.17) is 4.74 Å². The van der Waals surface area contributed by atoms with Crippen LogP contribution in [0.2, 0.25) is 0 Å². The molecule has 1 aliphatic heterocycles. The summed E-state index contributed by atoms with van der Waals surface area (Å²) in [4.78, 5) is 14.7. The van der Waals surface area contributed by atoms with Gasteiger partial charge in [-0.3, -0.25) is 4.79 Å². The van der Waals surface area contributed by atoms with Crippen LogP contribution in [0.25, 0.3) is 5.57 Å². The molecule has 1 fully saturated rings. The highest BCUT2D eigenvalue weighted by atomic mass is 19.1. The number of hydrogen-bond donors (Lipinski definition) is 0. The van der Waals surface area contributed by atoms with Gasteiger partial charge in [0.15, 0.2) is 0 Å². The third-order valence-electron chi connectivity index (χ3n) is 6.14. The summed E-state index contributed by atoms with van der Waals surface area (Å²) in [6.07, 6.45) is 16.8. The molecule has 0 spiro atoms. The number of rotatable bonds is 9. The van der Waals surface area contributed by atoms with Gasteiger partial charge in [-0.25, -0.2) is 4.39 Å². The average Bonchev–Trinajstić information content (AvgIpc) is 3.00. The molecular formula is C25H35FN2O2. The SMILES string of the molecule is CCCCC(C)N1CCC(OC2=CC=C(c3ccn(CCF)c(=O)c3)CC=C2)CC1. The molecule has 4 nitrogen and oxygen atoms in total. The molecule has 0 radical (unpaired) electrons. The Labute approximate surface area is 179 Å². The Morgan fingerprint density at radius 3 is 2.77 bits per heavy atom. The summed E-state index contributed by atoms with van der Waals surface area (Å²) >= 11 is 0. The lowest BCUT2D eigenvalue weighted by Crippen LogP contribution is -2.42. The van der Waals surface area contributed by atoms with Crippen LogP contribution in [0.15, 0.2) is 53.2 Å². The first kappa shape index (κ1) is 22.5. The predicted octanol–water partition coefficient (Wildman–Crippen LogP) is 5.10. The van der Waals surface area contributed by atoms with E-state index in [0.717, 1.165) is 49.2 Å². The van der Waals surface area contributed by atoms with Gasteiger partial charge in [0, 0.05) is 31.4 Å². The third kappa shape index (κ3) is 6.18. The van der Waals surface area contributed by atoms with Crippen LogP contribution in [0.1, 0.15) is 57.9 Å². The number of unbranched alkanes of at least 4 members (excludes halogenated alkanes) is 1. The maximum atomic E-state index is 12.5. The first-order valence-corrected chi connectivity index (χ1v) is 11.4. The minimum absolute atomic E-state index is 0.103. The van der Waals surface area contributed by atoms with Gasteiger partial charge in [0.1, 0.15) is 18.5 Å². The second kappa shape index (κ2) is 11.3. The van der Waals surface area contributed by atoms with Crippen molar-refractivity contribution in [2.75, 3.05) is 19.8 Å². The number of aryl methyl sites for hydroxylation is 1. The van der Waals surface area contributed by atoms with Crippen molar-refractivity contribution >= 4 is 5.57 Å². The van der Waals surface area contributed by atoms with Crippen LogP contribution in [0.5, 0.6) is 0 Å². The number of aromatic nitrogens is 1. The van der Waals surface area contributed by atoms with Crippen molar-refractivity contribution in [1.29, 1.82) is 0 Å². The molecule has 0 N–H and O–H groups in total. The van der Waals surface area contributed by atoms with Gasteiger partial charge in [0.05, 0.1) is 6.54 Å². The van der Waals surface area contributed by atoms with Gasteiger partial charge in [0.25, 0.3) is 5.56 Å². The number of ether oxygens (including phenoxy) is 1. The van der Waals surface area contributed by atoms with Crippen LogP contribution in [-0.4, -0.2) is 41.4 Å². The quantitative estimate of drug-likeness (QED) is 0.563. The minimum Gasteiger partial charge on any atom is -0.490 e. The lowest BCUT2D eigenvalue weighted by Gasteiger charge is -2.36. The van der Waals surface area contributed by atoms with Crippen molar-refractivity contribution in [3.8, 4) is 0 Å². The van der Waals surface area contributed by atoms with Crippen molar-refractivity contribution in [3.63, 3.8) is 0 Å². The number of hydrogen-bond acceptors (Lipinski definition) is 3. The first-order valence-electron chi connectivity index (χ1n) is 11.4. The maximum Gasteiger partial charge on any atom is 0.251 e. The van der Waals surface area contributed by atoms with Gasteiger partial charge in [-0.1, -0.05) is 31.9 Å². The Kier molecular flexibility index (Phi) is 8.50. The standard InChI is InChI=1S/C25H35FN2O2/c1-3-4-6-20(2)27-16-12-24(13-17-27)30-23-8-5-7-21(9-10-23)22-11-15-28(18-14-26)25(29)19-22/h5,8-11,15,19-20,24H,3-4,6-7,12-14,16-18H2,1-2H3. The molecule has 1 saturated heterocycles. The number of nitrogens with zero attached hydrogens (tertiary/aromatic N) is 2. The van der Waals surface area contributed by atoms with E-state index in [1.165, 1.54) is 23.8 Å². The predicted molar refractivity (Wildman–Crippen MR) is 121 cm³/mol. The highest BCUT2D eigenvalue weighted by Gasteiger charge is 2.23. The lowest BCUT2D eigenvalue weighted by atomic mass is 10.0. The summed E-state index contributed by atoms with van der Waals surface area (Å²) < 4.78 is 20.2. The summed E-state index contributed by atoms with van der Waals surface area (Å²) in [6, 6.07) is 4.13. The normalized spacial score (nSPS) is 19.2. The van der Waals surface area contributed by atoms with Gasteiger partial charge in [-0.15, -0.1) is 0 Å². The van der Waals surface area contributed by atoms with Crippen LogP contribution in [0.3, 0.4) is 0 Å². The Bertz CT molecular complexity index is 832. The topological polar surface area (TPSA) is 34.5 Å². The van der Waals surface area contributed by atoms with Crippen LogP contribution in [0.4, 0.5) is 4.39 Å². The molecule has 0 amide bonds. The lowest BCUT2D eigenvalue weighted by molar-refractivity contribution is 0.0408. The Morgan fingerprint density at radius 1 is 1.27 bits per heavy atom. The average molecular weight is 415 g/mol. The minimum atomic E-state index is -0.537. The van der Waals surface area contributed by atoms with E-state index in [1.54, 1.807) is 12.3 Å². The number of piperidine rings is 1. The second-order valence-electron chi connectivity index (χ2n) is 8.35. The van der Waals surface area contributed by atoms with Crippen molar-refractivity contribution in [3.05, 3.63) is 64.3 Å². The fraction of sp³-hybridized carbons (Fsp3) is 0.560. The summed E-state index contributed by atoms with van der Waals surface area (Å²) in [5.74, 6) is 0.883. The van der Waals surface area contributed by atoms with Crippen molar-refractivity contribution in [2.45, 2.75) is 71.1 Å². The molecule has 1 aliphatic carbocycles. The second-order valence-corrected chi connectivity index (χ2v) is 8.35. The van der Waals surface area contributed by atoms with Crippen molar-refractivity contribution in [2.24, 2.45) is 0 Å². The molecule has 1 aromatic heterocycles. The van der Waals surface area contributed by atoms with E-state index in [0.29, 0.717) is 6.04 Å². The van der Waals surface area contributed by atoms with E-state index < -0.39 is 6.67 Å². The summed E-state index contributed by atoms with van der Waals surface area (Å²) in [5.41, 5.74) is 1.78. The van der Waals surface area contributed by atoms with Crippen molar-refractivity contribution in [1.82, 2.24) is 9.47 Å². The number of allylic oxidation sites excluding steroid dienone is 5. The van der Waals surface area contributed by atoms with Crippen LogP contribution >= 0.6 is 0 Å². The maximum absolute atomic E-state index is 12.5. The monoisotopic (exact) mass is 414 g/mol. The highest BCUT2D eigenvalue weighted by molar-refractivity contribution is 5.68. The number of halogens is 1. The molecule has 1 unspecified atom stereocenters. The molecule has 2 heterocycles. The van der Waals surface area contributed by atoms with Gasteiger partial charge in [-0.2, -0.15) is 0 Å². The zero-order valence-corrected chi connectivity index (χ0v) is 18.4. The van der Waals surface area contributed by atoms with Crippen LogP contribution in [-0.2, 0) is 11.3 Å². The summed E-state index contributed by atoms with van der Waals surface area (Å²) in [6.45, 7) is 6.36. The Hall–Kier alpha value is -2.14. The van der Waals surface area contributed by atoms with E-state index in [2.05, 4.69) is 24.8 Å². The molecule has 164 valence electrons. The van der Waals surface area contributed by atoms with Gasteiger partial charge < -0.3 is 14.2 Å². The Balaban J connectivity index is 1.57. The highest BCUT2D eigenvalue weighted by Crippen LogP contribution is 2.24. The van der Waals surface area contributed by atoms with Crippen molar-refractivity contribution < 1.29 is 9.13 Å². The first-order chi connectivity index (χ1) is 14.6. The molecule has 0 aromatic carbocycles. The molecule has 3 rings (SSSR count). The summed E-state index contributed by atoms with van der Waals surface area (Å²) in [5, 5.41) is 0. The smallest absolute Gasteiger partial charge is 0.251 e. The van der Waals surface area contributed by atoms with Crippen LogP contribution < -0.4 is 5.56 Å². The number of likely N-dealkylation sites (tertiary alicyclic amines) is 1. The molecule has 2 aliphatic rings. The molecular weight excluding hydrogens is 379 g/mol. The Morgan fingerprint density at radius 2 is 2.07 bits per heavy atom. The van der Waals surface area contributed by atoms with Gasteiger partial charge >= 0.3 is 0 Å². The van der Waals surface area contributed by atoms with E-state index >= 15 is 0 Å². The largest absolute Gasteiger partial charge is 0.490 e. The fourth-order valence-corrected chi connectivity index (χ4v) is 4.19. The molecule has 30 heavy (non-hydrogen) atoms. The molecule has 0 saturated carbocycles. The summed E-state index contributed by atoms with van der Waals surface area (Å²) in [7, 11) is 0. The molecule has 1 atom stereocenters. The number of alkyl halides is 1. The van der Waals surface area contributed by atoms with E-state index in [1.807, 2.05) is 24.3 Å². The number of pyridine rings is 1. The fourth-order valence-electron chi connectivity index (χ4n) is 4.19. The zero-order chi connectivity index (χ0) is 21.3. The zero-order valence-electron chi connectivity index (χ0n) is 18.4. The van der Waals surface area contributed by atoms with E-state index in [9.17, 15) is 9.18 Å². The third-order valence-corrected chi connectivity index (χ3v) is 6.14. The van der Waals surface area contributed by atoms with E-state index in [-0.39, 0.29) is 18.2 Å². The molecule has 0 bridgehead atoms. The van der Waals surface area contributed by atoms with Gasteiger partial charge in [-0.05, 0) is 62.0 Å². The van der Waals surface area contributed by atoms with Crippen LogP contribution in [0, 0.1) is 0 Å². The molecule has 5 heteroatoms. The molecule has 1 aromatic rings. The van der Waals surface area contributed by atoms with Gasteiger partial charge in [0.2, 0.25) is 0 Å².